The Balaban J connectivity index is 1.50. The number of hydrogen-bond donors (Lipinski definition) is 2. The molecule has 3 rings (SSSR count). The van der Waals surface area contributed by atoms with Crippen LogP contribution in [-0.4, -0.2) is 36.6 Å². The van der Waals surface area contributed by atoms with Gasteiger partial charge in [-0.15, -0.1) is 0 Å². The van der Waals surface area contributed by atoms with Crippen molar-refractivity contribution in [1.82, 2.24) is 15.3 Å². The minimum atomic E-state index is -0.155. The Labute approximate surface area is 164 Å². The Morgan fingerprint density at radius 3 is 2.64 bits per heavy atom. The van der Waals surface area contributed by atoms with E-state index < -0.39 is 0 Å². The van der Waals surface area contributed by atoms with E-state index >= 15 is 0 Å². The highest BCUT2D eigenvalue weighted by molar-refractivity contribution is 5.91. The Morgan fingerprint density at radius 1 is 1.11 bits per heavy atom. The summed E-state index contributed by atoms with van der Waals surface area (Å²) in [5.74, 6) is 1.95. The summed E-state index contributed by atoms with van der Waals surface area (Å²) in [4.78, 5) is 19.7. The lowest BCUT2D eigenvalue weighted by Crippen LogP contribution is -2.23. The van der Waals surface area contributed by atoms with E-state index in [4.69, 9.17) is 9.47 Å². The fraction of sp³-hybridized carbons (Fsp3) is 0.182. The van der Waals surface area contributed by atoms with Gasteiger partial charge in [-0.2, -0.15) is 0 Å². The molecule has 0 unspecified atom stereocenters. The monoisotopic (exact) mass is 377 g/mol. The first kappa shape index (κ1) is 19.2. The predicted molar refractivity (Wildman–Crippen MR) is 109 cm³/mol. The van der Waals surface area contributed by atoms with Crippen LogP contribution in [0.2, 0.25) is 0 Å². The Hall–Kier alpha value is -3.54. The summed E-state index contributed by atoms with van der Waals surface area (Å²) < 4.78 is 10.5. The number of rotatable bonds is 8. The lowest BCUT2D eigenvalue weighted by atomic mass is 10.2. The van der Waals surface area contributed by atoms with Gasteiger partial charge in [-0.1, -0.05) is 36.4 Å². The number of imidazole rings is 1. The van der Waals surface area contributed by atoms with Gasteiger partial charge in [-0.25, -0.2) is 4.98 Å². The van der Waals surface area contributed by atoms with Crippen molar-refractivity contribution in [2.45, 2.75) is 6.42 Å². The number of H-pyrrole nitrogens is 1. The Morgan fingerprint density at radius 2 is 1.89 bits per heavy atom. The van der Waals surface area contributed by atoms with Crippen molar-refractivity contribution in [3.63, 3.8) is 0 Å². The van der Waals surface area contributed by atoms with Gasteiger partial charge in [0.05, 0.1) is 14.2 Å². The molecule has 1 aromatic heterocycles. The molecule has 0 spiro atoms. The molecule has 6 heteroatoms. The van der Waals surface area contributed by atoms with Gasteiger partial charge in [-0.3, -0.25) is 4.79 Å². The molecule has 0 aliphatic carbocycles. The summed E-state index contributed by atoms with van der Waals surface area (Å²) in [5, 5.41) is 2.87. The molecule has 0 bridgehead atoms. The van der Waals surface area contributed by atoms with Crippen LogP contribution in [0.25, 0.3) is 17.5 Å². The highest BCUT2D eigenvalue weighted by Gasteiger charge is 2.05. The molecule has 6 nitrogen and oxygen atoms in total. The number of ether oxygens (including phenoxy) is 2. The number of methoxy groups -OCH3 is 2. The number of carbonyl (C=O) groups excluding carboxylic acids is 1. The van der Waals surface area contributed by atoms with Crippen LogP contribution >= 0.6 is 0 Å². The highest BCUT2D eigenvalue weighted by Crippen LogP contribution is 2.27. The number of hydrogen-bond acceptors (Lipinski definition) is 4. The van der Waals surface area contributed by atoms with Gasteiger partial charge >= 0.3 is 0 Å². The second-order valence-corrected chi connectivity index (χ2v) is 6.11. The van der Waals surface area contributed by atoms with Crippen LogP contribution in [0.1, 0.15) is 11.3 Å². The van der Waals surface area contributed by atoms with Crippen molar-refractivity contribution >= 4 is 12.0 Å². The maximum atomic E-state index is 12.0. The molecule has 0 atom stereocenters. The molecular formula is C22H23N3O3. The van der Waals surface area contributed by atoms with Gasteiger partial charge < -0.3 is 19.8 Å². The van der Waals surface area contributed by atoms with Crippen molar-refractivity contribution in [3.05, 3.63) is 72.1 Å². The van der Waals surface area contributed by atoms with Crippen molar-refractivity contribution in [2.75, 3.05) is 20.8 Å². The molecular weight excluding hydrogens is 354 g/mol. The summed E-state index contributed by atoms with van der Waals surface area (Å²) in [7, 11) is 3.17. The van der Waals surface area contributed by atoms with E-state index in [1.165, 1.54) is 6.08 Å². The smallest absolute Gasteiger partial charge is 0.244 e. The minimum Gasteiger partial charge on any atom is -0.493 e. The van der Waals surface area contributed by atoms with E-state index in [2.05, 4.69) is 15.3 Å². The third-order valence-electron chi connectivity index (χ3n) is 4.20. The van der Waals surface area contributed by atoms with Gasteiger partial charge in [0.1, 0.15) is 5.82 Å². The number of nitrogens with zero attached hydrogens (tertiary/aromatic N) is 1. The van der Waals surface area contributed by atoms with Crippen molar-refractivity contribution < 1.29 is 14.3 Å². The molecule has 1 heterocycles. The number of benzene rings is 2. The molecule has 2 N–H and O–H groups in total. The molecule has 0 radical (unpaired) electrons. The Bertz CT molecular complexity index is 949. The molecule has 28 heavy (non-hydrogen) atoms. The number of carbonyl (C=O) groups is 1. The molecule has 1 amide bonds. The molecule has 0 saturated carbocycles. The lowest BCUT2D eigenvalue weighted by molar-refractivity contribution is -0.116. The first-order valence-corrected chi connectivity index (χ1v) is 8.97. The fourth-order valence-corrected chi connectivity index (χ4v) is 2.74. The van der Waals surface area contributed by atoms with Crippen LogP contribution in [0.15, 0.2) is 60.8 Å². The minimum absolute atomic E-state index is 0.155. The molecule has 144 valence electrons. The van der Waals surface area contributed by atoms with Crippen LogP contribution in [0.3, 0.4) is 0 Å². The molecule has 2 aromatic carbocycles. The van der Waals surface area contributed by atoms with Crippen LogP contribution in [-0.2, 0) is 11.2 Å². The van der Waals surface area contributed by atoms with E-state index in [0.717, 1.165) is 22.6 Å². The Kier molecular flexibility index (Phi) is 6.46. The molecule has 0 aliphatic heterocycles. The second kappa shape index (κ2) is 9.41. The standard InChI is InChI=1S/C22H23N3O3/c1-27-19-10-8-16(14-20(19)28-2)9-11-21(26)23-13-12-18-15-24-22(25-18)17-6-4-3-5-7-17/h3-11,14-15H,12-13H2,1-2H3,(H,23,26)(H,24,25)/b11-9+. The third-order valence-corrected chi connectivity index (χ3v) is 4.20. The van der Waals surface area contributed by atoms with Crippen molar-refractivity contribution in [2.24, 2.45) is 0 Å². The topological polar surface area (TPSA) is 76.2 Å². The predicted octanol–water partition coefficient (Wildman–Crippen LogP) is 3.47. The van der Waals surface area contributed by atoms with E-state index in [-0.39, 0.29) is 5.91 Å². The largest absolute Gasteiger partial charge is 0.493 e. The quantitative estimate of drug-likeness (QED) is 0.590. The highest BCUT2D eigenvalue weighted by atomic mass is 16.5. The normalized spacial score (nSPS) is 10.8. The average molecular weight is 377 g/mol. The zero-order chi connectivity index (χ0) is 19.8. The third kappa shape index (κ3) is 5.01. The zero-order valence-electron chi connectivity index (χ0n) is 15.9. The number of aromatic amines is 1. The van der Waals surface area contributed by atoms with Crippen molar-refractivity contribution in [3.8, 4) is 22.9 Å². The first-order valence-electron chi connectivity index (χ1n) is 8.97. The maximum absolute atomic E-state index is 12.0. The van der Waals surface area contributed by atoms with Gasteiger partial charge in [0, 0.05) is 36.5 Å². The van der Waals surface area contributed by atoms with Gasteiger partial charge in [0.2, 0.25) is 5.91 Å². The molecule has 0 aliphatic rings. The number of aromatic nitrogens is 2. The average Bonchev–Trinajstić information content (AvgIpc) is 3.21. The van der Waals surface area contributed by atoms with E-state index in [9.17, 15) is 4.79 Å². The molecule has 0 fully saturated rings. The summed E-state index contributed by atoms with van der Waals surface area (Å²) >= 11 is 0. The van der Waals surface area contributed by atoms with Gasteiger partial charge in [-0.05, 0) is 23.8 Å². The van der Waals surface area contributed by atoms with E-state index in [1.54, 1.807) is 32.6 Å². The van der Waals surface area contributed by atoms with Crippen LogP contribution in [0.5, 0.6) is 11.5 Å². The second-order valence-electron chi connectivity index (χ2n) is 6.11. The summed E-state index contributed by atoms with van der Waals surface area (Å²) in [5.41, 5.74) is 2.87. The number of nitrogens with one attached hydrogen (secondary N) is 2. The summed E-state index contributed by atoms with van der Waals surface area (Å²) in [6.07, 6.45) is 5.72. The van der Waals surface area contributed by atoms with Crippen molar-refractivity contribution in [1.29, 1.82) is 0 Å². The first-order chi connectivity index (χ1) is 13.7. The molecule has 3 aromatic rings. The fourth-order valence-electron chi connectivity index (χ4n) is 2.74. The summed E-state index contributed by atoms with van der Waals surface area (Å²) in [6, 6.07) is 15.4. The number of amides is 1. The lowest BCUT2D eigenvalue weighted by Gasteiger charge is -2.07. The summed E-state index contributed by atoms with van der Waals surface area (Å²) in [6.45, 7) is 0.519. The van der Waals surface area contributed by atoms with Gasteiger partial charge in [0.25, 0.3) is 0 Å². The molecule has 0 saturated heterocycles. The SMILES string of the molecule is COc1ccc(/C=C/C(=O)NCCc2cnc(-c3ccccc3)[nH]2)cc1OC. The maximum Gasteiger partial charge on any atom is 0.244 e. The van der Waals surface area contributed by atoms with Crippen LogP contribution in [0, 0.1) is 0 Å². The van der Waals surface area contributed by atoms with Gasteiger partial charge in [0.15, 0.2) is 11.5 Å². The van der Waals surface area contributed by atoms with E-state index in [0.29, 0.717) is 24.5 Å². The van der Waals surface area contributed by atoms with E-state index in [1.807, 2.05) is 42.5 Å². The zero-order valence-corrected chi connectivity index (χ0v) is 15.9. The van der Waals surface area contributed by atoms with Crippen LogP contribution in [0.4, 0.5) is 0 Å². The van der Waals surface area contributed by atoms with Crippen LogP contribution < -0.4 is 14.8 Å².